The molecule has 5 nitrogen and oxygen atoms in total. The maximum atomic E-state index is 10.8. The number of aldehydes is 1. The molecule has 0 aromatic carbocycles. The van der Waals surface area contributed by atoms with Gasteiger partial charge in [0.25, 0.3) is 0 Å². The zero-order chi connectivity index (χ0) is 10.8. The van der Waals surface area contributed by atoms with E-state index in [1.807, 2.05) is 0 Å². The van der Waals surface area contributed by atoms with Crippen LogP contribution in [0.25, 0.3) is 0 Å². The van der Waals surface area contributed by atoms with Crippen molar-refractivity contribution in [2.75, 3.05) is 0 Å². The van der Waals surface area contributed by atoms with Crippen LogP contribution in [0.1, 0.15) is 23.0 Å². The molecule has 0 fully saturated rings. The van der Waals surface area contributed by atoms with Crippen molar-refractivity contribution in [3.05, 3.63) is 29.6 Å². The van der Waals surface area contributed by atoms with Crippen molar-refractivity contribution in [3.63, 3.8) is 0 Å². The van der Waals surface area contributed by atoms with Gasteiger partial charge in [0.15, 0.2) is 5.54 Å². The largest absolute Gasteiger partial charge is 0.480 e. The second-order valence-electron chi connectivity index (χ2n) is 3.10. The first-order chi connectivity index (χ1) is 6.48. The van der Waals surface area contributed by atoms with Gasteiger partial charge in [-0.3, -0.25) is 9.78 Å². The molecule has 0 aliphatic rings. The van der Waals surface area contributed by atoms with E-state index in [0.717, 1.165) is 0 Å². The third-order valence-corrected chi connectivity index (χ3v) is 1.90. The molecule has 1 rings (SSSR count). The van der Waals surface area contributed by atoms with Crippen LogP contribution in [0.2, 0.25) is 0 Å². The number of carbonyl (C=O) groups is 2. The molecular weight excluding hydrogens is 184 g/mol. The minimum absolute atomic E-state index is 0.162. The van der Waals surface area contributed by atoms with Gasteiger partial charge in [-0.25, -0.2) is 4.79 Å². The highest BCUT2D eigenvalue weighted by Gasteiger charge is 2.31. The van der Waals surface area contributed by atoms with E-state index in [4.69, 9.17) is 10.8 Å². The predicted molar refractivity (Wildman–Crippen MR) is 48.8 cm³/mol. The number of hydrogen-bond acceptors (Lipinski definition) is 4. The summed E-state index contributed by atoms with van der Waals surface area (Å²) >= 11 is 0. The third-order valence-electron chi connectivity index (χ3n) is 1.90. The average molecular weight is 194 g/mol. The van der Waals surface area contributed by atoms with Crippen LogP contribution in [-0.2, 0) is 10.3 Å². The SMILES string of the molecule is C[C@](N)(C(=O)O)c1cc(C=O)ccn1. The van der Waals surface area contributed by atoms with Crippen LogP contribution in [0, 0.1) is 0 Å². The van der Waals surface area contributed by atoms with Crippen LogP contribution < -0.4 is 5.73 Å². The van der Waals surface area contributed by atoms with E-state index in [2.05, 4.69) is 4.98 Å². The molecule has 1 heterocycles. The Kier molecular flexibility index (Phi) is 2.62. The normalized spacial score (nSPS) is 14.4. The van der Waals surface area contributed by atoms with Gasteiger partial charge >= 0.3 is 5.97 Å². The van der Waals surface area contributed by atoms with Crippen molar-refractivity contribution in [1.29, 1.82) is 0 Å². The molecule has 0 aliphatic heterocycles. The summed E-state index contributed by atoms with van der Waals surface area (Å²) in [6.45, 7) is 1.33. The van der Waals surface area contributed by atoms with Gasteiger partial charge in [-0.15, -0.1) is 0 Å². The minimum atomic E-state index is -1.57. The van der Waals surface area contributed by atoms with Crippen molar-refractivity contribution in [1.82, 2.24) is 4.98 Å². The number of nitrogens with zero attached hydrogens (tertiary/aromatic N) is 1. The van der Waals surface area contributed by atoms with E-state index in [-0.39, 0.29) is 5.69 Å². The monoisotopic (exact) mass is 194 g/mol. The first kappa shape index (κ1) is 10.3. The number of rotatable bonds is 3. The molecule has 0 radical (unpaired) electrons. The van der Waals surface area contributed by atoms with Gasteiger partial charge < -0.3 is 10.8 Å². The predicted octanol–water partition coefficient (Wildman–Crippen LogP) is 0.153. The number of aliphatic carboxylic acids is 1. The minimum Gasteiger partial charge on any atom is -0.480 e. The number of carboxylic acids is 1. The van der Waals surface area contributed by atoms with Crippen LogP contribution >= 0.6 is 0 Å². The lowest BCUT2D eigenvalue weighted by Gasteiger charge is -2.18. The van der Waals surface area contributed by atoms with Crippen LogP contribution in [0.4, 0.5) is 0 Å². The molecule has 1 atom stereocenters. The Balaban J connectivity index is 3.18. The lowest BCUT2D eigenvalue weighted by Crippen LogP contribution is -2.42. The second-order valence-corrected chi connectivity index (χ2v) is 3.10. The van der Waals surface area contributed by atoms with Gasteiger partial charge in [0.2, 0.25) is 0 Å². The third kappa shape index (κ3) is 1.77. The summed E-state index contributed by atoms with van der Waals surface area (Å²) in [7, 11) is 0. The fourth-order valence-electron chi connectivity index (χ4n) is 0.914. The molecule has 0 spiro atoms. The van der Waals surface area contributed by atoms with Gasteiger partial charge in [0, 0.05) is 11.8 Å². The Bertz CT molecular complexity index is 374. The number of aromatic nitrogens is 1. The maximum Gasteiger partial charge on any atom is 0.329 e. The first-order valence-corrected chi connectivity index (χ1v) is 3.92. The fraction of sp³-hybridized carbons (Fsp3) is 0.222. The lowest BCUT2D eigenvalue weighted by atomic mass is 9.98. The van der Waals surface area contributed by atoms with Gasteiger partial charge in [-0.2, -0.15) is 0 Å². The van der Waals surface area contributed by atoms with E-state index in [9.17, 15) is 9.59 Å². The summed E-state index contributed by atoms with van der Waals surface area (Å²) in [5, 5.41) is 8.80. The molecule has 5 heteroatoms. The summed E-state index contributed by atoms with van der Waals surface area (Å²) in [5.41, 5.74) is 4.47. The highest BCUT2D eigenvalue weighted by atomic mass is 16.4. The molecule has 0 saturated heterocycles. The number of hydrogen-bond donors (Lipinski definition) is 2. The van der Waals surface area contributed by atoms with Gasteiger partial charge in [0.05, 0.1) is 5.69 Å². The summed E-state index contributed by atoms with van der Waals surface area (Å²) in [5.74, 6) is -1.19. The summed E-state index contributed by atoms with van der Waals surface area (Å²) in [6.07, 6.45) is 1.97. The number of nitrogens with two attached hydrogens (primary N) is 1. The molecule has 1 aromatic rings. The zero-order valence-electron chi connectivity index (χ0n) is 7.60. The molecule has 0 unspecified atom stereocenters. The standard InChI is InChI=1S/C9H10N2O3/c1-9(10,8(13)14)7-4-6(5-12)2-3-11-7/h2-5H,10H2,1H3,(H,13,14)/t9-/m1/s1. The van der Waals surface area contributed by atoms with E-state index in [0.29, 0.717) is 11.8 Å². The molecule has 0 aliphatic carbocycles. The first-order valence-electron chi connectivity index (χ1n) is 3.92. The van der Waals surface area contributed by atoms with Gasteiger partial charge in [0.1, 0.15) is 6.29 Å². The second kappa shape index (κ2) is 3.55. The Morgan fingerprint density at radius 3 is 2.86 bits per heavy atom. The molecule has 0 amide bonds. The van der Waals surface area contributed by atoms with Crippen molar-refractivity contribution in [3.8, 4) is 0 Å². The molecule has 0 saturated carbocycles. The van der Waals surface area contributed by atoms with Crippen molar-refractivity contribution < 1.29 is 14.7 Å². The Hall–Kier alpha value is -1.75. The quantitative estimate of drug-likeness (QED) is 0.668. The number of carboxylic acid groups (broad SMARTS) is 1. The smallest absolute Gasteiger partial charge is 0.329 e. The maximum absolute atomic E-state index is 10.8. The van der Waals surface area contributed by atoms with Crippen molar-refractivity contribution in [2.24, 2.45) is 5.73 Å². The zero-order valence-corrected chi connectivity index (χ0v) is 7.60. The van der Waals surface area contributed by atoms with Crippen molar-refractivity contribution in [2.45, 2.75) is 12.5 Å². The fourth-order valence-corrected chi connectivity index (χ4v) is 0.914. The van der Waals surface area contributed by atoms with E-state index in [1.165, 1.54) is 25.3 Å². The summed E-state index contributed by atoms with van der Waals surface area (Å²) in [6, 6.07) is 2.84. The van der Waals surface area contributed by atoms with E-state index >= 15 is 0 Å². The molecule has 0 bridgehead atoms. The van der Waals surface area contributed by atoms with Crippen LogP contribution in [0.5, 0.6) is 0 Å². The van der Waals surface area contributed by atoms with Gasteiger partial charge in [-0.1, -0.05) is 0 Å². The molecule has 14 heavy (non-hydrogen) atoms. The van der Waals surface area contributed by atoms with Crippen molar-refractivity contribution >= 4 is 12.3 Å². The topological polar surface area (TPSA) is 93.3 Å². The number of pyridine rings is 1. The Labute approximate surface area is 80.6 Å². The summed E-state index contributed by atoms with van der Waals surface area (Å²) < 4.78 is 0. The average Bonchev–Trinajstić information content (AvgIpc) is 2.17. The summed E-state index contributed by atoms with van der Waals surface area (Å²) in [4.78, 5) is 25.0. The lowest BCUT2D eigenvalue weighted by molar-refractivity contribution is -0.143. The van der Waals surface area contributed by atoms with Crippen LogP contribution in [0.15, 0.2) is 18.3 Å². The highest BCUT2D eigenvalue weighted by molar-refractivity contribution is 5.81. The van der Waals surface area contributed by atoms with Gasteiger partial charge in [-0.05, 0) is 19.1 Å². The molecule has 74 valence electrons. The molecular formula is C9H10N2O3. The Morgan fingerprint density at radius 1 is 1.71 bits per heavy atom. The van der Waals surface area contributed by atoms with Crippen LogP contribution in [-0.4, -0.2) is 22.3 Å². The van der Waals surface area contributed by atoms with E-state index in [1.54, 1.807) is 0 Å². The number of carbonyl (C=O) groups excluding carboxylic acids is 1. The van der Waals surface area contributed by atoms with Crippen LogP contribution in [0.3, 0.4) is 0 Å². The Morgan fingerprint density at radius 2 is 2.36 bits per heavy atom. The molecule has 1 aromatic heterocycles. The van der Waals surface area contributed by atoms with E-state index < -0.39 is 11.5 Å². The highest BCUT2D eigenvalue weighted by Crippen LogP contribution is 2.15. The molecule has 3 N–H and O–H groups in total.